The van der Waals surface area contributed by atoms with Gasteiger partial charge in [-0.2, -0.15) is 18.9 Å². The fourth-order valence-corrected chi connectivity index (χ4v) is 8.04. The van der Waals surface area contributed by atoms with Crippen molar-refractivity contribution in [2.24, 2.45) is 0 Å². The molecule has 0 unspecified atom stereocenters. The smallest absolute Gasteiger partial charge is 0.306 e. The molecule has 0 aliphatic rings. The zero-order valence-electron chi connectivity index (χ0n) is 18.0. The molecule has 174 valence electrons. The molecule has 0 amide bonds. The quantitative estimate of drug-likeness (QED) is 0.278. The molecule has 2 rings (SSSR count). The Labute approximate surface area is 195 Å². The van der Waals surface area contributed by atoms with Crippen molar-refractivity contribution < 1.29 is 27.1 Å². The molecule has 0 aliphatic carbocycles. The SMILES string of the molecule is Cc1ccc(S(=O)(=O)OS(CCO)(CCO)CC(C(=O)c2ccccc2)=C(C#N)C#N)cc1. The van der Waals surface area contributed by atoms with Crippen LogP contribution < -0.4 is 0 Å². The van der Waals surface area contributed by atoms with Crippen LogP contribution in [0.1, 0.15) is 15.9 Å². The second-order valence-electron chi connectivity index (χ2n) is 7.07. The number of rotatable bonds is 11. The Bertz CT molecular complexity index is 1170. The molecule has 2 aromatic rings. The fraction of sp³-hybridized carbons (Fsp3) is 0.261. The zero-order chi connectivity index (χ0) is 24.5. The molecule has 0 atom stereocenters. The second kappa shape index (κ2) is 11.8. The summed E-state index contributed by atoms with van der Waals surface area (Å²) < 4.78 is 31.7. The van der Waals surface area contributed by atoms with Gasteiger partial charge in [-0.1, -0.05) is 48.0 Å². The first-order chi connectivity index (χ1) is 15.7. The zero-order valence-corrected chi connectivity index (χ0v) is 19.6. The van der Waals surface area contributed by atoms with Crippen LogP contribution in [0, 0.1) is 29.6 Å². The van der Waals surface area contributed by atoms with Gasteiger partial charge in [0, 0.05) is 28.4 Å². The van der Waals surface area contributed by atoms with Gasteiger partial charge in [0.25, 0.3) is 0 Å². The highest BCUT2D eigenvalue weighted by molar-refractivity contribution is 8.33. The molecule has 0 saturated carbocycles. The number of aliphatic hydroxyl groups excluding tert-OH is 2. The summed E-state index contributed by atoms with van der Waals surface area (Å²) in [6.45, 7) is 0.821. The average Bonchev–Trinajstić information content (AvgIpc) is 2.79. The number of Topliss-reactive ketones (excluding diaryl/α,β-unsaturated/α-hetero) is 1. The maximum absolute atomic E-state index is 13.2. The normalized spacial score (nSPS) is 11.8. The van der Waals surface area contributed by atoms with Crippen molar-refractivity contribution in [2.75, 3.05) is 30.5 Å². The van der Waals surface area contributed by atoms with Gasteiger partial charge in [-0.25, -0.2) is 3.63 Å². The Morgan fingerprint density at radius 3 is 1.97 bits per heavy atom. The Morgan fingerprint density at radius 1 is 0.939 bits per heavy atom. The Balaban J connectivity index is 2.59. The Kier molecular flexibility index (Phi) is 9.35. The molecule has 0 saturated heterocycles. The van der Waals surface area contributed by atoms with Gasteiger partial charge >= 0.3 is 10.1 Å². The Hall–Kier alpha value is -2.99. The number of allylic oxidation sites excluding steroid dienone is 1. The van der Waals surface area contributed by atoms with Crippen molar-refractivity contribution in [3.63, 3.8) is 0 Å². The summed E-state index contributed by atoms with van der Waals surface area (Å²) in [4.78, 5) is 13.1. The molecule has 0 aliphatic heterocycles. The van der Waals surface area contributed by atoms with Gasteiger partial charge in [0.05, 0.1) is 18.1 Å². The highest BCUT2D eigenvalue weighted by atomic mass is 32.3. The van der Waals surface area contributed by atoms with E-state index in [9.17, 15) is 33.9 Å². The first kappa shape index (κ1) is 26.3. The number of hydrogen-bond donors (Lipinski definition) is 2. The van der Waals surface area contributed by atoms with E-state index in [1.807, 2.05) is 0 Å². The van der Waals surface area contributed by atoms with Gasteiger partial charge in [0.15, 0.2) is 5.78 Å². The number of aliphatic hydroxyl groups is 2. The van der Waals surface area contributed by atoms with Crippen LogP contribution in [0.15, 0.2) is 70.6 Å². The predicted molar refractivity (Wildman–Crippen MR) is 125 cm³/mol. The number of aryl methyl sites for hydroxylation is 1. The highest BCUT2D eigenvalue weighted by Crippen LogP contribution is 2.53. The van der Waals surface area contributed by atoms with Crippen LogP contribution in [0.4, 0.5) is 0 Å². The molecule has 2 aromatic carbocycles. The van der Waals surface area contributed by atoms with Gasteiger partial charge in [0.1, 0.15) is 17.7 Å². The molecular formula is C23H24N2O6S2. The lowest BCUT2D eigenvalue weighted by molar-refractivity contribution is 0.103. The lowest BCUT2D eigenvalue weighted by Crippen LogP contribution is -2.27. The minimum Gasteiger partial charge on any atom is -0.395 e. The van der Waals surface area contributed by atoms with Gasteiger partial charge in [0.2, 0.25) is 0 Å². The number of nitriles is 2. The van der Waals surface area contributed by atoms with Crippen molar-refractivity contribution in [1.82, 2.24) is 0 Å². The predicted octanol–water partition coefficient (Wildman–Crippen LogP) is 2.63. The van der Waals surface area contributed by atoms with Crippen LogP contribution >= 0.6 is 10.3 Å². The molecule has 0 heterocycles. The molecule has 10 heteroatoms. The summed E-state index contributed by atoms with van der Waals surface area (Å²) in [5, 5.41) is 38.3. The first-order valence-corrected chi connectivity index (χ1v) is 13.3. The van der Waals surface area contributed by atoms with Gasteiger partial charge in [-0.05, 0) is 19.1 Å². The maximum Gasteiger partial charge on any atom is 0.306 e. The summed E-state index contributed by atoms with van der Waals surface area (Å²) in [6, 6.07) is 17.3. The number of nitrogens with zero attached hydrogens (tertiary/aromatic N) is 2. The summed E-state index contributed by atoms with van der Waals surface area (Å²) in [5.74, 6) is -1.40. The van der Waals surface area contributed by atoms with Crippen LogP contribution in [0.2, 0.25) is 0 Å². The minimum atomic E-state index is -4.34. The topological polar surface area (TPSA) is 148 Å². The molecule has 0 fully saturated rings. The van der Waals surface area contributed by atoms with E-state index in [1.54, 1.807) is 49.4 Å². The van der Waals surface area contributed by atoms with Crippen LogP contribution in [-0.4, -0.2) is 54.9 Å². The second-order valence-corrected chi connectivity index (χ2v) is 12.0. The minimum absolute atomic E-state index is 0.124. The van der Waals surface area contributed by atoms with E-state index in [0.29, 0.717) is 0 Å². The van der Waals surface area contributed by atoms with E-state index in [-0.39, 0.29) is 27.5 Å². The molecule has 8 nitrogen and oxygen atoms in total. The van der Waals surface area contributed by atoms with E-state index in [4.69, 9.17) is 3.63 Å². The van der Waals surface area contributed by atoms with Gasteiger partial charge in [-0.3, -0.25) is 4.79 Å². The molecule has 0 bridgehead atoms. The van der Waals surface area contributed by atoms with Gasteiger partial charge in [-0.15, -0.1) is 10.3 Å². The number of carbonyl (C=O) groups excluding carboxylic acids is 1. The summed E-state index contributed by atoms with van der Waals surface area (Å²) in [6.07, 6.45) is 0. The highest BCUT2D eigenvalue weighted by Gasteiger charge is 2.35. The van der Waals surface area contributed by atoms with Gasteiger partial charge < -0.3 is 10.2 Å². The number of carbonyl (C=O) groups is 1. The molecule has 0 radical (unpaired) electrons. The van der Waals surface area contributed by atoms with E-state index < -0.39 is 50.8 Å². The first-order valence-electron chi connectivity index (χ1n) is 9.86. The van der Waals surface area contributed by atoms with E-state index in [0.717, 1.165) is 5.56 Å². The van der Waals surface area contributed by atoms with Crippen molar-refractivity contribution in [3.05, 3.63) is 76.9 Å². The number of hydrogen-bond acceptors (Lipinski definition) is 8. The van der Waals surface area contributed by atoms with Crippen molar-refractivity contribution in [3.8, 4) is 12.1 Å². The third kappa shape index (κ3) is 6.75. The summed E-state index contributed by atoms with van der Waals surface area (Å²) >= 11 is 0. The molecule has 2 N–H and O–H groups in total. The van der Waals surface area contributed by atoms with Crippen molar-refractivity contribution >= 4 is 26.2 Å². The number of ketones is 1. The molecular weight excluding hydrogens is 464 g/mol. The van der Waals surface area contributed by atoms with E-state index in [2.05, 4.69) is 0 Å². The standard InChI is InChI=1S/C23H24N2O6S2/c1-18-7-9-21(10-8-18)33(29,30)31-32(13-11-26,14-12-27)17-22(20(15-24)16-25)23(28)19-5-3-2-4-6-19/h2-10,26-27H,11-14,17H2,1H3. The largest absolute Gasteiger partial charge is 0.395 e. The lowest BCUT2D eigenvalue weighted by Gasteiger charge is -2.38. The number of benzene rings is 2. The average molecular weight is 489 g/mol. The van der Waals surface area contributed by atoms with Crippen LogP contribution in [0.25, 0.3) is 0 Å². The summed E-state index contributed by atoms with van der Waals surface area (Å²) in [5.41, 5.74) is 0.345. The van der Waals surface area contributed by atoms with Crippen molar-refractivity contribution in [1.29, 1.82) is 10.5 Å². The maximum atomic E-state index is 13.2. The summed E-state index contributed by atoms with van der Waals surface area (Å²) in [7, 11) is -7.24. The van der Waals surface area contributed by atoms with Crippen LogP contribution in [0.3, 0.4) is 0 Å². The molecule has 33 heavy (non-hydrogen) atoms. The van der Waals surface area contributed by atoms with Crippen LogP contribution in [-0.2, 0) is 13.7 Å². The van der Waals surface area contributed by atoms with Crippen LogP contribution in [0.5, 0.6) is 0 Å². The third-order valence-corrected chi connectivity index (χ3v) is 10.1. The van der Waals surface area contributed by atoms with E-state index >= 15 is 0 Å². The Morgan fingerprint density at radius 2 is 1.48 bits per heavy atom. The fourth-order valence-electron chi connectivity index (χ4n) is 3.04. The third-order valence-electron chi connectivity index (χ3n) is 4.71. The van der Waals surface area contributed by atoms with Crippen molar-refractivity contribution in [2.45, 2.75) is 11.8 Å². The monoisotopic (exact) mass is 488 g/mol. The molecule has 0 spiro atoms. The molecule has 0 aromatic heterocycles. The lowest BCUT2D eigenvalue weighted by atomic mass is 10.0. The van der Waals surface area contributed by atoms with E-state index in [1.165, 1.54) is 24.3 Å².